The van der Waals surface area contributed by atoms with Crippen molar-refractivity contribution in [3.8, 4) is 0 Å². The molecule has 33 heavy (non-hydrogen) atoms. The van der Waals surface area contributed by atoms with Crippen LogP contribution in [0.2, 0.25) is 0 Å². The number of carbonyl (C=O) groups excluding carboxylic acids is 2. The van der Waals surface area contributed by atoms with E-state index >= 15 is 0 Å². The third-order valence-electron chi connectivity index (χ3n) is 5.47. The molecule has 2 aromatic rings. The van der Waals surface area contributed by atoms with Crippen molar-refractivity contribution in [2.24, 2.45) is 0 Å². The number of amides is 2. The number of nitrogens with one attached hydrogen (secondary N) is 1. The zero-order chi connectivity index (χ0) is 24.8. The molecule has 0 radical (unpaired) electrons. The first-order chi connectivity index (χ1) is 15.4. The number of anilines is 1. The number of carbonyl (C=O) groups is 2. The third kappa shape index (κ3) is 7.28. The summed E-state index contributed by atoms with van der Waals surface area (Å²) in [5.41, 5.74) is 1.50. The van der Waals surface area contributed by atoms with Gasteiger partial charge in [-0.05, 0) is 45.4 Å². The van der Waals surface area contributed by atoms with E-state index in [2.05, 4.69) is 5.32 Å². The normalized spacial score (nSPS) is 13.2. The minimum atomic E-state index is -3.80. The largest absolute Gasteiger partial charge is 0.352 e. The summed E-state index contributed by atoms with van der Waals surface area (Å²) in [5, 5.41) is 2.83. The Balaban J connectivity index is 2.39. The zero-order valence-corrected chi connectivity index (χ0v) is 20.5. The average Bonchev–Trinajstić information content (AvgIpc) is 2.76. The number of hydrogen-bond acceptors (Lipinski definition) is 4. The van der Waals surface area contributed by atoms with Crippen LogP contribution in [0.5, 0.6) is 0 Å². The first kappa shape index (κ1) is 26.3. The van der Waals surface area contributed by atoms with Gasteiger partial charge in [-0.2, -0.15) is 0 Å². The van der Waals surface area contributed by atoms with Gasteiger partial charge in [-0.1, -0.05) is 42.8 Å². The van der Waals surface area contributed by atoms with Gasteiger partial charge in [0.1, 0.15) is 18.4 Å². The maximum absolute atomic E-state index is 14.4. The standard InChI is InChI=1S/C24H32FN3O4S/c1-6-18(3)26-24(30)19(4)27(15-20-9-7-8-10-22(20)25)23(29)16-28(33(5,31)32)21-13-11-17(2)12-14-21/h7-14,18-19H,6,15-16H2,1-5H3,(H,26,30)/t18-,19-/m1/s1. The second-order valence-electron chi connectivity index (χ2n) is 8.21. The van der Waals surface area contributed by atoms with E-state index in [0.29, 0.717) is 12.1 Å². The smallest absolute Gasteiger partial charge is 0.244 e. The number of halogens is 1. The molecule has 0 spiro atoms. The minimum Gasteiger partial charge on any atom is -0.352 e. The van der Waals surface area contributed by atoms with Crippen LogP contribution in [0.4, 0.5) is 10.1 Å². The fraction of sp³-hybridized carbons (Fsp3) is 0.417. The lowest BCUT2D eigenvalue weighted by atomic mass is 10.1. The molecule has 0 fully saturated rings. The van der Waals surface area contributed by atoms with E-state index in [0.717, 1.165) is 16.1 Å². The molecule has 7 nitrogen and oxygen atoms in total. The van der Waals surface area contributed by atoms with Gasteiger partial charge >= 0.3 is 0 Å². The molecule has 2 rings (SSSR count). The molecule has 0 heterocycles. The quantitative estimate of drug-likeness (QED) is 0.569. The Morgan fingerprint density at radius 3 is 2.21 bits per heavy atom. The van der Waals surface area contributed by atoms with Gasteiger partial charge < -0.3 is 10.2 Å². The van der Waals surface area contributed by atoms with Crippen LogP contribution in [0.3, 0.4) is 0 Å². The lowest BCUT2D eigenvalue weighted by Crippen LogP contribution is -2.52. The highest BCUT2D eigenvalue weighted by Crippen LogP contribution is 2.20. The number of aryl methyl sites for hydroxylation is 1. The Kier molecular flexibility index (Phi) is 8.99. The van der Waals surface area contributed by atoms with Gasteiger partial charge in [-0.3, -0.25) is 13.9 Å². The van der Waals surface area contributed by atoms with Gasteiger partial charge in [0, 0.05) is 18.2 Å². The van der Waals surface area contributed by atoms with Gasteiger partial charge in [0.2, 0.25) is 21.8 Å². The van der Waals surface area contributed by atoms with Crippen LogP contribution >= 0.6 is 0 Å². The Labute approximate surface area is 195 Å². The average molecular weight is 478 g/mol. The molecule has 0 saturated carbocycles. The molecule has 2 atom stereocenters. The fourth-order valence-electron chi connectivity index (χ4n) is 3.18. The van der Waals surface area contributed by atoms with Crippen LogP contribution in [0.1, 0.15) is 38.3 Å². The summed E-state index contributed by atoms with van der Waals surface area (Å²) < 4.78 is 40.3. The van der Waals surface area contributed by atoms with Crippen molar-refractivity contribution in [1.82, 2.24) is 10.2 Å². The van der Waals surface area contributed by atoms with Crippen molar-refractivity contribution >= 4 is 27.5 Å². The lowest BCUT2D eigenvalue weighted by molar-refractivity contribution is -0.139. The predicted molar refractivity (Wildman–Crippen MR) is 128 cm³/mol. The van der Waals surface area contributed by atoms with Gasteiger partial charge in [-0.25, -0.2) is 12.8 Å². The molecule has 2 amide bonds. The van der Waals surface area contributed by atoms with E-state index in [1.165, 1.54) is 23.1 Å². The highest BCUT2D eigenvalue weighted by Gasteiger charge is 2.30. The number of nitrogens with zero attached hydrogens (tertiary/aromatic N) is 2. The summed E-state index contributed by atoms with van der Waals surface area (Å²) in [6, 6.07) is 11.7. The Morgan fingerprint density at radius 1 is 1.06 bits per heavy atom. The van der Waals surface area contributed by atoms with Crippen LogP contribution in [0, 0.1) is 12.7 Å². The molecule has 0 saturated heterocycles. The third-order valence-corrected chi connectivity index (χ3v) is 6.61. The molecular weight excluding hydrogens is 445 g/mol. The molecule has 0 aliphatic carbocycles. The molecule has 0 aliphatic heterocycles. The summed E-state index contributed by atoms with van der Waals surface area (Å²) in [5.74, 6) is -1.52. The van der Waals surface area contributed by atoms with Crippen molar-refractivity contribution in [1.29, 1.82) is 0 Å². The van der Waals surface area contributed by atoms with Crippen molar-refractivity contribution < 1.29 is 22.4 Å². The Bertz CT molecular complexity index is 1070. The summed E-state index contributed by atoms with van der Waals surface area (Å²) in [6.45, 7) is 6.49. The number of rotatable bonds is 10. The molecule has 180 valence electrons. The molecule has 9 heteroatoms. The SMILES string of the molecule is CC[C@@H](C)NC(=O)[C@@H](C)N(Cc1ccccc1F)C(=O)CN(c1ccc(C)cc1)S(C)(=O)=O. The number of hydrogen-bond donors (Lipinski definition) is 1. The topological polar surface area (TPSA) is 86.8 Å². The highest BCUT2D eigenvalue weighted by molar-refractivity contribution is 7.92. The van der Waals surface area contributed by atoms with E-state index in [4.69, 9.17) is 0 Å². The van der Waals surface area contributed by atoms with Crippen LogP contribution < -0.4 is 9.62 Å². The van der Waals surface area contributed by atoms with E-state index in [1.54, 1.807) is 37.3 Å². The van der Waals surface area contributed by atoms with Gasteiger partial charge in [0.05, 0.1) is 11.9 Å². The molecule has 0 unspecified atom stereocenters. The van der Waals surface area contributed by atoms with E-state index < -0.39 is 40.2 Å². The summed E-state index contributed by atoms with van der Waals surface area (Å²) in [6.07, 6.45) is 1.72. The lowest BCUT2D eigenvalue weighted by Gasteiger charge is -2.32. The predicted octanol–water partition coefficient (Wildman–Crippen LogP) is 3.23. The van der Waals surface area contributed by atoms with Crippen LogP contribution in [0.15, 0.2) is 48.5 Å². The first-order valence-electron chi connectivity index (χ1n) is 10.8. The summed E-state index contributed by atoms with van der Waals surface area (Å²) in [7, 11) is -3.80. The first-order valence-corrected chi connectivity index (χ1v) is 12.7. The highest BCUT2D eigenvalue weighted by atomic mass is 32.2. The molecular formula is C24H32FN3O4S. The monoisotopic (exact) mass is 477 g/mol. The molecule has 0 bridgehead atoms. The fourth-order valence-corrected chi connectivity index (χ4v) is 4.03. The van der Waals surface area contributed by atoms with Crippen molar-refractivity contribution in [3.63, 3.8) is 0 Å². The zero-order valence-electron chi connectivity index (χ0n) is 19.7. The van der Waals surface area contributed by atoms with Gasteiger partial charge in [-0.15, -0.1) is 0 Å². The molecule has 1 N–H and O–H groups in total. The van der Waals surface area contributed by atoms with Crippen molar-refractivity contribution in [3.05, 3.63) is 65.5 Å². The molecule has 0 aromatic heterocycles. The van der Waals surface area contributed by atoms with Crippen LogP contribution in [0.25, 0.3) is 0 Å². The van der Waals surface area contributed by atoms with Crippen molar-refractivity contribution in [2.45, 2.75) is 52.7 Å². The second kappa shape index (κ2) is 11.3. The molecule has 2 aromatic carbocycles. The van der Waals surface area contributed by atoms with Gasteiger partial charge in [0.15, 0.2) is 0 Å². The maximum atomic E-state index is 14.4. The maximum Gasteiger partial charge on any atom is 0.244 e. The second-order valence-corrected chi connectivity index (χ2v) is 10.1. The number of sulfonamides is 1. The molecule has 0 aliphatic rings. The van der Waals surface area contributed by atoms with E-state index in [-0.39, 0.29) is 18.2 Å². The summed E-state index contributed by atoms with van der Waals surface area (Å²) in [4.78, 5) is 27.4. The summed E-state index contributed by atoms with van der Waals surface area (Å²) >= 11 is 0. The van der Waals surface area contributed by atoms with E-state index in [1.807, 2.05) is 20.8 Å². The van der Waals surface area contributed by atoms with Crippen LogP contribution in [-0.4, -0.2) is 50.0 Å². The minimum absolute atomic E-state index is 0.106. The van der Waals surface area contributed by atoms with Crippen molar-refractivity contribution in [2.75, 3.05) is 17.1 Å². The van der Waals surface area contributed by atoms with Crippen LogP contribution in [-0.2, 0) is 26.2 Å². The Hall–Kier alpha value is -2.94. The van der Waals surface area contributed by atoms with E-state index in [9.17, 15) is 22.4 Å². The Morgan fingerprint density at radius 2 is 1.67 bits per heavy atom. The number of benzene rings is 2. The van der Waals surface area contributed by atoms with Gasteiger partial charge in [0.25, 0.3) is 0 Å².